The Bertz CT molecular complexity index is 1480. The molecule has 2 aromatic carbocycles. The van der Waals surface area contributed by atoms with E-state index in [0.717, 1.165) is 5.56 Å². The number of aromatic nitrogens is 1. The van der Waals surface area contributed by atoms with E-state index in [0.29, 0.717) is 29.1 Å². The fourth-order valence-corrected chi connectivity index (χ4v) is 9.16. The highest BCUT2D eigenvalue weighted by Gasteiger charge is 2.66. The first-order chi connectivity index (χ1) is 19.1. The first-order valence-electron chi connectivity index (χ1n) is 13.4. The molecule has 1 amide bonds. The van der Waals surface area contributed by atoms with Crippen molar-refractivity contribution in [1.82, 2.24) is 4.57 Å². The van der Waals surface area contributed by atoms with Crippen molar-refractivity contribution in [2.75, 3.05) is 25.7 Å². The average molecular weight is 565 g/mol. The maximum atomic E-state index is 14.5. The second kappa shape index (κ2) is 10.5. The quantitative estimate of drug-likeness (QED) is 0.403. The normalized spacial score (nSPS) is 24.0. The minimum Gasteiger partial charge on any atom is -0.497 e. The number of ether oxygens (including phenoxy) is 3. The van der Waals surface area contributed by atoms with Crippen LogP contribution in [0.1, 0.15) is 24.5 Å². The second-order valence-corrected chi connectivity index (χ2v) is 15.0. The van der Waals surface area contributed by atoms with Gasteiger partial charge in [-0.2, -0.15) is 0 Å². The highest BCUT2D eigenvalue weighted by molar-refractivity contribution is 6.71. The molecule has 3 heterocycles. The molecule has 0 bridgehead atoms. The minimum atomic E-state index is -2.79. The van der Waals surface area contributed by atoms with E-state index in [9.17, 15) is 19.5 Å². The summed E-state index contributed by atoms with van der Waals surface area (Å²) in [6, 6.07) is 16.4. The van der Waals surface area contributed by atoms with E-state index >= 15 is 0 Å². The molecule has 5 rings (SSSR count). The lowest BCUT2D eigenvalue weighted by molar-refractivity contribution is -0.146. The van der Waals surface area contributed by atoms with Gasteiger partial charge in [-0.05, 0) is 67.5 Å². The number of nitrogens with zero attached hydrogens (tertiary/aromatic N) is 2. The molecule has 0 radical (unpaired) electrons. The van der Waals surface area contributed by atoms with Crippen LogP contribution in [0.4, 0.5) is 5.69 Å². The Hall–Kier alpha value is -3.44. The van der Waals surface area contributed by atoms with E-state index in [4.69, 9.17) is 14.2 Å². The number of carbonyl (C=O) groups is 1. The topological polar surface area (TPSA) is 110 Å². The first-order valence-corrected chi connectivity index (χ1v) is 16.5. The molecule has 3 aromatic rings. The van der Waals surface area contributed by atoms with Crippen molar-refractivity contribution in [3.63, 3.8) is 0 Å². The Balaban J connectivity index is 1.58. The number of hydrogen-bond acceptors (Lipinski definition) is 7. The third-order valence-corrected chi connectivity index (χ3v) is 10.8. The van der Waals surface area contributed by atoms with E-state index in [1.807, 2.05) is 62.5 Å². The van der Waals surface area contributed by atoms with Gasteiger partial charge in [0.25, 0.3) is 11.5 Å². The Morgan fingerprint density at radius 3 is 2.50 bits per heavy atom. The third-order valence-electron chi connectivity index (χ3n) is 8.27. The van der Waals surface area contributed by atoms with Crippen molar-refractivity contribution in [3.05, 3.63) is 82.3 Å². The van der Waals surface area contributed by atoms with Gasteiger partial charge in [-0.1, -0.05) is 19.1 Å². The van der Waals surface area contributed by atoms with Crippen LogP contribution in [-0.4, -0.2) is 55.6 Å². The molecule has 0 saturated carbocycles. The van der Waals surface area contributed by atoms with Crippen LogP contribution in [-0.2, 0) is 21.7 Å². The lowest BCUT2D eigenvalue weighted by atomic mass is 9.82. The Labute approximate surface area is 234 Å². The van der Waals surface area contributed by atoms with Crippen LogP contribution in [0.5, 0.6) is 11.5 Å². The molecule has 40 heavy (non-hydrogen) atoms. The maximum Gasteiger partial charge on any atom is 0.297 e. The summed E-state index contributed by atoms with van der Waals surface area (Å²) in [4.78, 5) is 40.3. The van der Waals surface area contributed by atoms with E-state index in [1.54, 1.807) is 30.3 Å². The number of aliphatic hydroxyl groups is 1. The summed E-state index contributed by atoms with van der Waals surface area (Å²) in [7, 11) is 0.249. The van der Waals surface area contributed by atoms with Gasteiger partial charge in [0.15, 0.2) is 19.7 Å². The van der Waals surface area contributed by atoms with Crippen LogP contribution in [0.2, 0.25) is 18.6 Å². The molecule has 10 heteroatoms. The maximum absolute atomic E-state index is 14.5. The monoisotopic (exact) mass is 564 g/mol. The number of aliphatic hydroxyl groups excluding tert-OH is 1. The molecule has 1 fully saturated rings. The summed E-state index contributed by atoms with van der Waals surface area (Å²) >= 11 is 0. The summed E-state index contributed by atoms with van der Waals surface area (Å²) in [6.07, 6.45) is 1.55. The largest absolute Gasteiger partial charge is 0.497 e. The highest BCUT2D eigenvalue weighted by atomic mass is 28.4. The van der Waals surface area contributed by atoms with E-state index in [2.05, 4.69) is 0 Å². The highest BCUT2D eigenvalue weighted by Crippen LogP contribution is 2.60. The van der Waals surface area contributed by atoms with Crippen LogP contribution in [0.25, 0.3) is 5.69 Å². The first kappa shape index (κ1) is 28.1. The zero-order valence-electron chi connectivity index (χ0n) is 23.5. The predicted octanol–water partition coefficient (Wildman–Crippen LogP) is 3.58. The van der Waals surface area contributed by atoms with Crippen LogP contribution < -0.4 is 19.9 Å². The molecule has 9 nitrogen and oxygen atoms in total. The fraction of sp³-hybridized carbons (Fsp3) is 0.400. The summed E-state index contributed by atoms with van der Waals surface area (Å²) in [5.41, 5.74) is 1.04. The lowest BCUT2D eigenvalue weighted by Gasteiger charge is -2.32. The van der Waals surface area contributed by atoms with Gasteiger partial charge in [0.05, 0.1) is 32.6 Å². The zero-order valence-corrected chi connectivity index (χ0v) is 24.5. The van der Waals surface area contributed by atoms with Gasteiger partial charge in [-0.3, -0.25) is 14.2 Å². The lowest BCUT2D eigenvalue weighted by Crippen LogP contribution is -2.46. The molecular formula is C30H36N2O7Si. The molecule has 4 atom stereocenters. The number of fused-ring (bicyclic) bond motifs is 2. The summed E-state index contributed by atoms with van der Waals surface area (Å²) in [5.74, 6) is 0.296. The van der Waals surface area contributed by atoms with Gasteiger partial charge in [-0.15, -0.1) is 0 Å². The van der Waals surface area contributed by atoms with Crippen molar-refractivity contribution in [2.24, 2.45) is 5.92 Å². The van der Waals surface area contributed by atoms with E-state index in [1.165, 1.54) is 11.7 Å². The summed E-state index contributed by atoms with van der Waals surface area (Å²) in [5, 5.41) is 9.80. The zero-order chi connectivity index (χ0) is 28.8. The molecule has 1 saturated heterocycles. The molecule has 1 spiro atoms. The predicted molar refractivity (Wildman–Crippen MR) is 154 cm³/mol. The van der Waals surface area contributed by atoms with Gasteiger partial charge in [0.1, 0.15) is 5.75 Å². The van der Waals surface area contributed by atoms with Gasteiger partial charge < -0.3 is 29.0 Å². The van der Waals surface area contributed by atoms with Crippen LogP contribution in [0.15, 0.2) is 65.6 Å². The summed E-state index contributed by atoms with van der Waals surface area (Å²) < 4.78 is 18.9. The van der Waals surface area contributed by atoms with Gasteiger partial charge in [-0.25, -0.2) is 0 Å². The number of anilines is 1. The molecule has 0 unspecified atom stereocenters. The van der Waals surface area contributed by atoms with Crippen LogP contribution >= 0.6 is 0 Å². The van der Waals surface area contributed by atoms with Crippen LogP contribution in [0, 0.1) is 5.92 Å². The van der Waals surface area contributed by atoms with E-state index < -0.39 is 20.0 Å². The molecular weight excluding hydrogens is 528 g/mol. The van der Waals surface area contributed by atoms with Crippen molar-refractivity contribution in [2.45, 2.75) is 50.2 Å². The Morgan fingerprint density at radius 1 is 1.05 bits per heavy atom. The summed E-state index contributed by atoms with van der Waals surface area (Å²) in [6.45, 7) is 5.83. The molecule has 2 aliphatic rings. The van der Waals surface area contributed by atoms with Crippen LogP contribution in [0.3, 0.4) is 0 Å². The number of benzene rings is 2. The van der Waals surface area contributed by atoms with Gasteiger partial charge in [0, 0.05) is 35.5 Å². The molecule has 1 aromatic heterocycles. The number of hydrogen-bond donors (Lipinski definition) is 2. The number of amides is 1. The standard InChI is InChI=1S/C30H36N2O7Si/c1-19-27(40(4,5)36)25(13-15-33)39-30(19)23-17-22(37-2)11-12-24(23)32(29(30)35)18-20-8-6-9-21(16-20)31-14-7-10-26(38-3)28(31)34/h6-12,14,16-17,19,25,27,33,36H,13,15,18H2,1-5H3/t19-,25+,27-,30+/m1/s1. The van der Waals surface area contributed by atoms with Crippen molar-refractivity contribution in [1.29, 1.82) is 0 Å². The smallest absolute Gasteiger partial charge is 0.297 e. The SMILES string of the molecule is COc1ccc2c(c1)[C@]1(O[C@@H](CCO)[C@H]([Si](C)(C)O)[C@H]1C)C(=O)N2Cc1cccc(-n2cccc(OC)c2=O)c1. The van der Waals surface area contributed by atoms with Gasteiger partial charge >= 0.3 is 0 Å². The molecule has 2 aliphatic heterocycles. The van der Waals surface area contributed by atoms with Gasteiger partial charge in [0.2, 0.25) is 0 Å². The van der Waals surface area contributed by atoms with Crippen molar-refractivity contribution in [3.8, 4) is 17.2 Å². The van der Waals surface area contributed by atoms with Crippen molar-refractivity contribution >= 4 is 19.9 Å². The Kier molecular flexibility index (Phi) is 7.38. The molecule has 2 N–H and O–H groups in total. The number of methoxy groups -OCH3 is 2. The average Bonchev–Trinajstić information content (AvgIpc) is 3.35. The third kappa shape index (κ3) is 4.45. The number of rotatable bonds is 8. The molecule has 212 valence electrons. The number of pyridine rings is 1. The van der Waals surface area contributed by atoms with E-state index in [-0.39, 0.29) is 41.8 Å². The molecule has 0 aliphatic carbocycles. The number of carbonyl (C=O) groups excluding carboxylic acids is 1. The second-order valence-electron chi connectivity index (χ2n) is 11.1. The fourth-order valence-electron chi connectivity index (χ4n) is 6.56. The minimum absolute atomic E-state index is 0.103. The van der Waals surface area contributed by atoms with Crippen molar-refractivity contribution < 1.29 is 28.9 Å². The Morgan fingerprint density at radius 2 is 1.82 bits per heavy atom.